The van der Waals surface area contributed by atoms with Gasteiger partial charge in [-0.25, -0.2) is 9.97 Å². The van der Waals surface area contributed by atoms with E-state index in [1.165, 1.54) is 37.9 Å². The third-order valence-electron chi connectivity index (χ3n) is 4.95. The summed E-state index contributed by atoms with van der Waals surface area (Å²) in [5, 5.41) is 0. The fourth-order valence-electron chi connectivity index (χ4n) is 3.73. The average molecular weight is 318 g/mol. The lowest BCUT2D eigenvalue weighted by atomic mass is 9.94. The van der Waals surface area contributed by atoms with Gasteiger partial charge in [0.25, 0.3) is 0 Å². The number of ether oxygens (including phenoxy) is 1. The molecule has 2 aliphatic rings. The van der Waals surface area contributed by atoms with Crippen molar-refractivity contribution in [3.63, 3.8) is 0 Å². The Labute approximate surface area is 140 Å². The van der Waals surface area contributed by atoms with Gasteiger partial charge in [0.15, 0.2) is 0 Å². The molecule has 1 aromatic rings. The number of likely N-dealkylation sites (tertiary alicyclic amines) is 1. The molecule has 0 spiro atoms. The molecule has 0 radical (unpaired) electrons. The van der Waals surface area contributed by atoms with Gasteiger partial charge in [-0.3, -0.25) is 0 Å². The Hall–Kier alpha value is -1.20. The van der Waals surface area contributed by atoms with Crippen molar-refractivity contribution < 1.29 is 4.74 Å². The average Bonchev–Trinajstić information content (AvgIpc) is 3.09. The van der Waals surface area contributed by atoms with E-state index in [0.717, 1.165) is 51.0 Å². The topological polar surface area (TPSA) is 41.5 Å². The first-order valence-electron chi connectivity index (χ1n) is 9.17. The Balaban J connectivity index is 1.67. The molecule has 0 unspecified atom stereocenters. The SMILES string of the molecule is CCOCCN1CCC[C@H](c2cc(N3CCCC3)nc(C)n2)C1. The lowest BCUT2D eigenvalue weighted by molar-refractivity contribution is 0.100. The molecule has 0 aromatic carbocycles. The standard InChI is InChI=1S/C18H30N4O/c1-3-23-12-11-21-8-6-7-16(14-21)17-13-18(20-15(2)19-17)22-9-4-5-10-22/h13,16H,3-12,14H2,1-2H3/t16-/m0/s1. The number of hydrogen-bond acceptors (Lipinski definition) is 5. The molecule has 5 nitrogen and oxygen atoms in total. The zero-order valence-corrected chi connectivity index (χ0v) is 14.6. The van der Waals surface area contributed by atoms with Gasteiger partial charge >= 0.3 is 0 Å². The molecule has 2 saturated heterocycles. The molecule has 128 valence electrons. The number of nitrogens with zero attached hydrogens (tertiary/aromatic N) is 4. The molecular formula is C18H30N4O. The number of aryl methyl sites for hydroxylation is 1. The zero-order chi connectivity index (χ0) is 16.1. The van der Waals surface area contributed by atoms with Crippen LogP contribution in [-0.2, 0) is 4.74 Å². The normalized spacial score (nSPS) is 22.7. The summed E-state index contributed by atoms with van der Waals surface area (Å²) in [6.45, 7) is 11.3. The van der Waals surface area contributed by atoms with E-state index >= 15 is 0 Å². The maximum Gasteiger partial charge on any atom is 0.132 e. The quantitative estimate of drug-likeness (QED) is 0.754. The summed E-state index contributed by atoms with van der Waals surface area (Å²) in [5.41, 5.74) is 1.24. The molecule has 2 fully saturated rings. The molecule has 0 saturated carbocycles. The summed E-state index contributed by atoms with van der Waals surface area (Å²) >= 11 is 0. The van der Waals surface area contributed by atoms with Crippen LogP contribution in [-0.4, -0.2) is 60.8 Å². The first-order valence-corrected chi connectivity index (χ1v) is 9.17. The largest absolute Gasteiger partial charge is 0.380 e. The predicted molar refractivity (Wildman–Crippen MR) is 93.1 cm³/mol. The lowest BCUT2D eigenvalue weighted by Crippen LogP contribution is -2.37. The summed E-state index contributed by atoms with van der Waals surface area (Å²) in [6, 6.07) is 2.25. The molecule has 0 bridgehead atoms. The Morgan fingerprint density at radius 1 is 1.17 bits per heavy atom. The van der Waals surface area contributed by atoms with Crippen LogP contribution in [0.15, 0.2) is 6.07 Å². The highest BCUT2D eigenvalue weighted by Crippen LogP contribution is 2.28. The first-order chi connectivity index (χ1) is 11.3. The van der Waals surface area contributed by atoms with E-state index < -0.39 is 0 Å². The van der Waals surface area contributed by atoms with E-state index in [0.29, 0.717) is 5.92 Å². The summed E-state index contributed by atoms with van der Waals surface area (Å²) < 4.78 is 5.51. The van der Waals surface area contributed by atoms with Crippen molar-refractivity contribution in [3.05, 3.63) is 17.6 Å². The Kier molecular flexibility index (Phi) is 5.84. The monoisotopic (exact) mass is 318 g/mol. The van der Waals surface area contributed by atoms with Gasteiger partial charge in [-0.1, -0.05) is 0 Å². The van der Waals surface area contributed by atoms with Crippen molar-refractivity contribution in [2.75, 3.05) is 50.8 Å². The summed E-state index contributed by atoms with van der Waals surface area (Å²) in [6.07, 6.45) is 5.06. The van der Waals surface area contributed by atoms with Crippen molar-refractivity contribution in [2.45, 2.75) is 45.4 Å². The summed E-state index contributed by atoms with van der Waals surface area (Å²) in [7, 11) is 0. The van der Waals surface area contributed by atoms with Crippen molar-refractivity contribution in [1.29, 1.82) is 0 Å². The summed E-state index contributed by atoms with van der Waals surface area (Å²) in [5.74, 6) is 2.58. The molecule has 0 N–H and O–H groups in total. The minimum absolute atomic E-state index is 0.536. The van der Waals surface area contributed by atoms with E-state index in [2.05, 4.69) is 27.8 Å². The van der Waals surface area contributed by atoms with Crippen LogP contribution in [0, 0.1) is 6.92 Å². The van der Waals surface area contributed by atoms with Crippen LogP contribution in [0.5, 0.6) is 0 Å². The first kappa shape index (κ1) is 16.7. The fraction of sp³-hybridized carbons (Fsp3) is 0.778. The van der Waals surface area contributed by atoms with Crippen LogP contribution in [0.3, 0.4) is 0 Å². The van der Waals surface area contributed by atoms with E-state index in [4.69, 9.17) is 9.72 Å². The maximum absolute atomic E-state index is 5.51. The highest BCUT2D eigenvalue weighted by atomic mass is 16.5. The minimum Gasteiger partial charge on any atom is -0.380 e. The second kappa shape index (κ2) is 8.06. The van der Waals surface area contributed by atoms with Crippen molar-refractivity contribution >= 4 is 5.82 Å². The molecule has 0 aliphatic carbocycles. The van der Waals surface area contributed by atoms with E-state index in [1.54, 1.807) is 0 Å². The van der Waals surface area contributed by atoms with Crippen LogP contribution in [0.1, 0.15) is 50.0 Å². The van der Waals surface area contributed by atoms with Crippen LogP contribution >= 0.6 is 0 Å². The molecule has 0 amide bonds. The predicted octanol–water partition coefficient (Wildman–Crippen LogP) is 2.60. The van der Waals surface area contributed by atoms with Crippen molar-refractivity contribution in [2.24, 2.45) is 0 Å². The summed E-state index contributed by atoms with van der Waals surface area (Å²) in [4.78, 5) is 14.4. The molecular weight excluding hydrogens is 288 g/mol. The molecule has 1 atom stereocenters. The van der Waals surface area contributed by atoms with Crippen LogP contribution in [0.2, 0.25) is 0 Å². The van der Waals surface area contributed by atoms with Gasteiger partial charge in [0, 0.05) is 44.8 Å². The fourth-order valence-corrected chi connectivity index (χ4v) is 3.73. The van der Waals surface area contributed by atoms with E-state index in [1.807, 2.05) is 6.92 Å². The Morgan fingerprint density at radius 3 is 2.78 bits per heavy atom. The van der Waals surface area contributed by atoms with Gasteiger partial charge in [0.05, 0.1) is 12.3 Å². The number of piperidine rings is 1. The molecule has 3 rings (SSSR count). The van der Waals surface area contributed by atoms with Crippen molar-refractivity contribution in [3.8, 4) is 0 Å². The molecule has 3 heterocycles. The second-order valence-electron chi connectivity index (χ2n) is 6.73. The molecule has 5 heteroatoms. The minimum atomic E-state index is 0.536. The van der Waals surface area contributed by atoms with E-state index in [9.17, 15) is 0 Å². The van der Waals surface area contributed by atoms with Crippen LogP contribution < -0.4 is 4.90 Å². The maximum atomic E-state index is 5.51. The molecule has 2 aliphatic heterocycles. The molecule has 23 heavy (non-hydrogen) atoms. The number of aromatic nitrogens is 2. The van der Waals surface area contributed by atoms with Gasteiger partial charge in [-0.05, 0) is 46.1 Å². The molecule has 1 aromatic heterocycles. The Bertz CT molecular complexity index is 502. The van der Waals surface area contributed by atoms with Gasteiger partial charge in [-0.2, -0.15) is 0 Å². The Morgan fingerprint density at radius 2 is 2.00 bits per heavy atom. The van der Waals surface area contributed by atoms with Gasteiger partial charge < -0.3 is 14.5 Å². The second-order valence-corrected chi connectivity index (χ2v) is 6.73. The highest BCUT2D eigenvalue weighted by Gasteiger charge is 2.24. The van der Waals surface area contributed by atoms with E-state index in [-0.39, 0.29) is 0 Å². The zero-order valence-electron chi connectivity index (χ0n) is 14.6. The van der Waals surface area contributed by atoms with Crippen molar-refractivity contribution in [1.82, 2.24) is 14.9 Å². The lowest BCUT2D eigenvalue weighted by Gasteiger charge is -2.32. The number of rotatable bonds is 6. The third kappa shape index (κ3) is 4.42. The highest BCUT2D eigenvalue weighted by molar-refractivity contribution is 5.41. The third-order valence-corrected chi connectivity index (χ3v) is 4.95. The van der Waals surface area contributed by atoms with Crippen LogP contribution in [0.25, 0.3) is 0 Å². The smallest absolute Gasteiger partial charge is 0.132 e. The number of anilines is 1. The van der Waals surface area contributed by atoms with Gasteiger partial charge in [-0.15, -0.1) is 0 Å². The van der Waals surface area contributed by atoms with Gasteiger partial charge in [0.2, 0.25) is 0 Å². The van der Waals surface area contributed by atoms with Gasteiger partial charge in [0.1, 0.15) is 11.6 Å². The van der Waals surface area contributed by atoms with Crippen LogP contribution in [0.4, 0.5) is 5.82 Å². The number of hydrogen-bond donors (Lipinski definition) is 0.